The van der Waals surface area contributed by atoms with Crippen LogP contribution in [0.4, 0.5) is 39.5 Å². The maximum Gasteiger partial charge on any atom is 0.471 e. The summed E-state index contributed by atoms with van der Waals surface area (Å²) in [5, 5.41) is 4.04. The first kappa shape index (κ1) is 29.7. The van der Waals surface area contributed by atoms with E-state index in [4.69, 9.17) is 0 Å². The van der Waals surface area contributed by atoms with E-state index >= 15 is 0 Å². The molecule has 0 aliphatic rings. The van der Waals surface area contributed by atoms with Crippen LogP contribution in [0.2, 0.25) is 0 Å². The number of carbonyl (C=O) groups is 3. The molecule has 0 fully saturated rings. The Bertz CT molecular complexity index is 621. The summed E-state index contributed by atoms with van der Waals surface area (Å²) < 4.78 is 113. The molecule has 0 unspecified atom stereocenters. The van der Waals surface area contributed by atoms with Gasteiger partial charge in [0.1, 0.15) is 0 Å². The van der Waals surface area contributed by atoms with Gasteiger partial charge in [-0.3, -0.25) is 14.4 Å². The quantitative estimate of drug-likeness (QED) is 0.323. The van der Waals surface area contributed by atoms with E-state index in [0.717, 1.165) is 0 Å². The van der Waals surface area contributed by atoms with E-state index in [-0.39, 0.29) is 11.4 Å². The van der Waals surface area contributed by atoms with E-state index in [1.54, 1.807) is 6.92 Å². The second-order valence-corrected chi connectivity index (χ2v) is 6.44. The zero-order chi connectivity index (χ0) is 25.2. The van der Waals surface area contributed by atoms with Gasteiger partial charge in [-0.1, -0.05) is 6.92 Å². The lowest BCUT2D eigenvalue weighted by atomic mass is 10.3. The standard InChI is InChI=1S/C16H23F9N4O3/c1-2-4-26-5-9-28(12(31)15(20,21)22)7-3-8-29(13(32)16(23,24)25)10-6-27-11(30)14(17,18)19/h26H,2-10H2,1H3,(H,27,30). The van der Waals surface area contributed by atoms with Gasteiger partial charge in [-0.2, -0.15) is 39.5 Å². The van der Waals surface area contributed by atoms with Crippen molar-refractivity contribution >= 4 is 17.7 Å². The van der Waals surface area contributed by atoms with Gasteiger partial charge in [-0.25, -0.2) is 0 Å². The number of amides is 3. The van der Waals surface area contributed by atoms with Gasteiger partial charge < -0.3 is 20.4 Å². The Balaban J connectivity index is 5.05. The zero-order valence-corrected chi connectivity index (χ0v) is 16.9. The topological polar surface area (TPSA) is 81.8 Å². The summed E-state index contributed by atoms with van der Waals surface area (Å²) in [6.45, 7) is -1.64. The van der Waals surface area contributed by atoms with Crippen LogP contribution in [0.5, 0.6) is 0 Å². The van der Waals surface area contributed by atoms with Gasteiger partial charge in [0.25, 0.3) is 0 Å². The third kappa shape index (κ3) is 11.4. The number of hydrogen-bond donors (Lipinski definition) is 2. The van der Waals surface area contributed by atoms with E-state index in [1.807, 2.05) is 0 Å². The van der Waals surface area contributed by atoms with Crippen molar-refractivity contribution in [2.45, 2.75) is 38.3 Å². The molecule has 0 saturated heterocycles. The summed E-state index contributed by atoms with van der Waals surface area (Å²) in [7, 11) is 0. The highest BCUT2D eigenvalue weighted by molar-refractivity contribution is 5.83. The number of carbonyl (C=O) groups excluding carboxylic acids is 3. The summed E-state index contributed by atoms with van der Waals surface area (Å²) in [4.78, 5) is 34.1. The maximum atomic E-state index is 12.7. The molecule has 188 valence electrons. The molecule has 0 aromatic rings. The van der Waals surface area contributed by atoms with Crippen molar-refractivity contribution in [3.8, 4) is 0 Å². The van der Waals surface area contributed by atoms with Crippen LogP contribution in [0, 0.1) is 0 Å². The minimum Gasteiger partial charge on any atom is -0.346 e. The lowest BCUT2D eigenvalue weighted by Crippen LogP contribution is -2.48. The van der Waals surface area contributed by atoms with Crippen molar-refractivity contribution in [1.29, 1.82) is 0 Å². The third-order valence-corrected chi connectivity index (χ3v) is 3.83. The Hall–Kier alpha value is -2.26. The zero-order valence-electron chi connectivity index (χ0n) is 16.9. The highest BCUT2D eigenvalue weighted by Crippen LogP contribution is 2.20. The van der Waals surface area contributed by atoms with E-state index in [9.17, 15) is 53.9 Å². The number of rotatable bonds is 12. The Morgan fingerprint density at radius 2 is 1.09 bits per heavy atom. The second-order valence-electron chi connectivity index (χ2n) is 6.44. The Kier molecular flexibility index (Phi) is 11.8. The summed E-state index contributed by atoms with van der Waals surface area (Å²) in [5.41, 5.74) is 0. The second kappa shape index (κ2) is 12.7. The predicted molar refractivity (Wildman–Crippen MR) is 92.1 cm³/mol. The SMILES string of the molecule is CCCNCCN(CCCN(CCNC(=O)C(F)(F)F)C(=O)C(F)(F)F)C(=O)C(F)(F)F. The monoisotopic (exact) mass is 490 g/mol. The lowest BCUT2D eigenvalue weighted by Gasteiger charge is -2.27. The lowest BCUT2D eigenvalue weighted by molar-refractivity contribution is -0.187. The smallest absolute Gasteiger partial charge is 0.346 e. The summed E-state index contributed by atoms with van der Waals surface area (Å²) in [5.74, 6) is -7.10. The number of alkyl halides is 9. The molecule has 0 radical (unpaired) electrons. The molecule has 0 saturated carbocycles. The van der Waals surface area contributed by atoms with Crippen LogP contribution < -0.4 is 10.6 Å². The van der Waals surface area contributed by atoms with Crippen molar-refractivity contribution in [2.24, 2.45) is 0 Å². The average Bonchev–Trinajstić information content (AvgIpc) is 2.65. The molecule has 16 heteroatoms. The van der Waals surface area contributed by atoms with E-state index in [0.29, 0.717) is 17.9 Å². The molecule has 0 rings (SSSR count). The van der Waals surface area contributed by atoms with Crippen molar-refractivity contribution in [3.63, 3.8) is 0 Å². The summed E-state index contributed by atoms with van der Waals surface area (Å²) in [6.07, 6.45) is -15.8. The number of nitrogens with zero attached hydrogens (tertiary/aromatic N) is 2. The van der Waals surface area contributed by atoms with Crippen molar-refractivity contribution in [3.05, 3.63) is 0 Å². The summed E-state index contributed by atoms with van der Waals surface area (Å²) >= 11 is 0. The fourth-order valence-electron chi connectivity index (χ4n) is 2.36. The molecule has 3 amide bonds. The first-order valence-electron chi connectivity index (χ1n) is 9.29. The first-order valence-corrected chi connectivity index (χ1v) is 9.29. The maximum absolute atomic E-state index is 12.7. The Morgan fingerprint density at radius 3 is 1.47 bits per heavy atom. The molecule has 0 spiro atoms. The van der Waals surface area contributed by atoms with Crippen LogP contribution in [-0.2, 0) is 14.4 Å². The van der Waals surface area contributed by atoms with Crippen LogP contribution in [0.1, 0.15) is 19.8 Å². The molecule has 0 aliphatic heterocycles. The van der Waals surface area contributed by atoms with Gasteiger partial charge >= 0.3 is 36.3 Å². The van der Waals surface area contributed by atoms with Gasteiger partial charge in [0.15, 0.2) is 0 Å². The number of hydrogen-bond acceptors (Lipinski definition) is 4. The molecule has 0 aromatic carbocycles. The molecular weight excluding hydrogens is 467 g/mol. The highest BCUT2D eigenvalue weighted by atomic mass is 19.4. The molecule has 32 heavy (non-hydrogen) atoms. The minimum absolute atomic E-state index is 0.0235. The van der Waals surface area contributed by atoms with Crippen LogP contribution in [-0.4, -0.2) is 91.9 Å². The van der Waals surface area contributed by atoms with Crippen LogP contribution in [0.3, 0.4) is 0 Å². The largest absolute Gasteiger partial charge is 0.471 e. The Morgan fingerprint density at radius 1 is 0.656 bits per heavy atom. The van der Waals surface area contributed by atoms with Gasteiger partial charge in [0, 0.05) is 39.3 Å². The average molecular weight is 490 g/mol. The van der Waals surface area contributed by atoms with Gasteiger partial charge in [-0.15, -0.1) is 0 Å². The molecule has 0 bridgehead atoms. The van der Waals surface area contributed by atoms with Crippen molar-refractivity contribution < 1.29 is 53.9 Å². The van der Waals surface area contributed by atoms with Gasteiger partial charge in [-0.05, 0) is 19.4 Å². The minimum atomic E-state index is -5.40. The highest BCUT2D eigenvalue weighted by Gasteiger charge is 2.44. The normalized spacial score (nSPS) is 12.4. The molecule has 7 nitrogen and oxygen atoms in total. The fourth-order valence-corrected chi connectivity index (χ4v) is 2.36. The van der Waals surface area contributed by atoms with Crippen LogP contribution >= 0.6 is 0 Å². The third-order valence-electron chi connectivity index (χ3n) is 3.83. The summed E-state index contributed by atoms with van der Waals surface area (Å²) in [6, 6.07) is 0. The van der Waals surface area contributed by atoms with E-state index in [1.165, 1.54) is 5.32 Å². The van der Waals surface area contributed by atoms with Crippen LogP contribution in [0.15, 0.2) is 0 Å². The van der Waals surface area contributed by atoms with Gasteiger partial charge in [0.05, 0.1) is 0 Å². The predicted octanol–water partition coefficient (Wildman–Crippen LogP) is 1.84. The molecule has 0 atom stereocenters. The molecule has 2 N–H and O–H groups in total. The molecular formula is C16H23F9N4O3. The fraction of sp³-hybridized carbons (Fsp3) is 0.812. The van der Waals surface area contributed by atoms with Crippen molar-refractivity contribution in [2.75, 3.05) is 45.8 Å². The first-order chi connectivity index (χ1) is 14.5. The van der Waals surface area contributed by atoms with Gasteiger partial charge in [0.2, 0.25) is 0 Å². The van der Waals surface area contributed by atoms with Crippen molar-refractivity contribution in [1.82, 2.24) is 20.4 Å². The molecule has 0 heterocycles. The van der Waals surface area contributed by atoms with E-state index in [2.05, 4.69) is 5.32 Å². The molecule has 0 aliphatic carbocycles. The molecule has 0 aromatic heterocycles. The Labute approximate surface area is 177 Å². The van der Waals surface area contributed by atoms with E-state index < -0.39 is 75.4 Å². The number of nitrogens with one attached hydrogen (secondary N) is 2. The number of halogens is 9. The van der Waals surface area contributed by atoms with Crippen LogP contribution in [0.25, 0.3) is 0 Å².